The average molecular weight is 286 g/mol. The zero-order valence-electron chi connectivity index (χ0n) is 12.0. The first-order chi connectivity index (χ1) is 10.3. The molecule has 1 N–H and O–H groups in total. The van der Waals surface area contributed by atoms with Crippen molar-refractivity contribution in [1.29, 1.82) is 0 Å². The molecule has 21 heavy (non-hydrogen) atoms. The van der Waals surface area contributed by atoms with Crippen molar-refractivity contribution in [2.45, 2.75) is 19.0 Å². The minimum Gasteiger partial charge on any atom is -0.489 e. The van der Waals surface area contributed by atoms with Crippen molar-refractivity contribution in [3.8, 4) is 5.75 Å². The number of benzene rings is 1. The summed E-state index contributed by atoms with van der Waals surface area (Å²) in [4.78, 5) is 21.0. The lowest BCUT2D eigenvalue weighted by molar-refractivity contribution is 0.215. The van der Waals surface area contributed by atoms with Crippen LogP contribution in [0.3, 0.4) is 0 Å². The molecule has 0 radical (unpaired) electrons. The van der Waals surface area contributed by atoms with Gasteiger partial charge in [0.1, 0.15) is 18.2 Å². The highest BCUT2D eigenvalue weighted by molar-refractivity contribution is 6.00. The number of urea groups is 1. The number of carbonyl (C=O) groups excluding carboxylic acids is 1. The Morgan fingerprint density at radius 3 is 3.10 bits per heavy atom. The van der Waals surface area contributed by atoms with Gasteiger partial charge >= 0.3 is 6.03 Å². The first kappa shape index (κ1) is 12.5. The van der Waals surface area contributed by atoms with Gasteiger partial charge in [0.2, 0.25) is 0 Å². The molecule has 6 heteroatoms. The van der Waals surface area contributed by atoms with Crippen molar-refractivity contribution in [1.82, 2.24) is 10.2 Å². The van der Waals surface area contributed by atoms with Gasteiger partial charge in [-0.1, -0.05) is 12.1 Å². The van der Waals surface area contributed by atoms with Crippen LogP contribution in [0.4, 0.5) is 10.5 Å². The number of ether oxygens (including phenoxy) is 1. The highest BCUT2D eigenvalue weighted by Gasteiger charge is 2.44. The summed E-state index contributed by atoms with van der Waals surface area (Å²) in [6.07, 6.45) is 0. The first-order valence-corrected chi connectivity index (χ1v) is 7.35. The van der Waals surface area contributed by atoms with Crippen LogP contribution in [0.25, 0.3) is 0 Å². The number of carbonyl (C=O) groups is 1. The molecule has 3 aliphatic rings. The smallest absolute Gasteiger partial charge is 0.325 e. The maximum Gasteiger partial charge on any atom is 0.325 e. The van der Waals surface area contributed by atoms with Crippen molar-refractivity contribution >= 4 is 17.6 Å². The molecule has 1 aromatic rings. The number of hydrogen-bond acceptors (Lipinski definition) is 4. The predicted octanol–water partition coefficient (Wildman–Crippen LogP) is 1.08. The van der Waals surface area contributed by atoms with E-state index >= 15 is 0 Å². The van der Waals surface area contributed by atoms with E-state index < -0.39 is 0 Å². The van der Waals surface area contributed by atoms with E-state index in [1.165, 1.54) is 0 Å². The lowest BCUT2D eigenvalue weighted by Crippen LogP contribution is -2.46. The normalized spacial score (nSPS) is 24.9. The molecule has 0 aliphatic carbocycles. The average Bonchev–Trinajstić information content (AvgIpc) is 3.15. The second-order valence-corrected chi connectivity index (χ2v) is 5.61. The lowest BCUT2D eigenvalue weighted by Gasteiger charge is -2.30. The third-order valence-corrected chi connectivity index (χ3v) is 4.34. The molecular weight excluding hydrogens is 268 g/mol. The summed E-state index contributed by atoms with van der Waals surface area (Å²) in [6, 6.07) is 7.82. The molecule has 1 unspecified atom stereocenters. The number of para-hydroxylation sites is 2. The molecule has 0 saturated carbocycles. The molecule has 3 heterocycles. The number of nitrogens with one attached hydrogen (secondary N) is 1. The molecule has 0 bridgehead atoms. The zero-order chi connectivity index (χ0) is 14.4. The fourth-order valence-corrected chi connectivity index (χ4v) is 3.24. The van der Waals surface area contributed by atoms with Gasteiger partial charge in [0.15, 0.2) is 0 Å². The van der Waals surface area contributed by atoms with Crippen molar-refractivity contribution in [2.75, 3.05) is 31.1 Å². The summed E-state index contributed by atoms with van der Waals surface area (Å²) in [5.41, 5.74) is 0.870. The summed E-state index contributed by atoms with van der Waals surface area (Å²) in [7, 11) is 0. The van der Waals surface area contributed by atoms with E-state index in [4.69, 9.17) is 4.74 Å². The van der Waals surface area contributed by atoms with E-state index in [0.717, 1.165) is 30.4 Å². The van der Waals surface area contributed by atoms with Crippen LogP contribution in [-0.4, -0.2) is 55.1 Å². The molecule has 1 fully saturated rings. The number of anilines is 1. The highest BCUT2D eigenvalue weighted by Crippen LogP contribution is 2.37. The summed E-state index contributed by atoms with van der Waals surface area (Å²) in [6.45, 7) is 4.91. The van der Waals surface area contributed by atoms with Crippen LogP contribution >= 0.6 is 0 Å². The Bertz CT molecular complexity index is 615. The third-order valence-electron chi connectivity index (χ3n) is 4.34. The largest absolute Gasteiger partial charge is 0.489 e. The van der Waals surface area contributed by atoms with Gasteiger partial charge < -0.3 is 15.0 Å². The third kappa shape index (κ3) is 1.86. The van der Waals surface area contributed by atoms with Crippen molar-refractivity contribution in [2.24, 2.45) is 4.99 Å². The number of aliphatic imine (C=N–C) groups is 1. The van der Waals surface area contributed by atoms with Gasteiger partial charge in [-0.05, 0) is 19.1 Å². The van der Waals surface area contributed by atoms with Gasteiger partial charge in [-0.15, -0.1) is 0 Å². The van der Waals surface area contributed by atoms with Crippen LogP contribution in [0.5, 0.6) is 5.75 Å². The molecular formula is C15H18N4O2. The fraction of sp³-hybridized carbons (Fsp3) is 0.467. The van der Waals surface area contributed by atoms with Crippen LogP contribution < -0.4 is 15.0 Å². The van der Waals surface area contributed by atoms with Crippen LogP contribution in [0, 0.1) is 0 Å². The molecule has 2 amide bonds. The standard InChI is InChI=1S/C15H18N4O2/c1-10(14-16-6-7-17-14)18-8-11-9-21-13-5-3-2-4-12(13)19(11)15(18)20/h2-5,10-11H,6-9H2,1H3,(H,16,17)/t10-,11?/m0/s1. The van der Waals surface area contributed by atoms with Gasteiger partial charge in [-0.2, -0.15) is 0 Å². The zero-order valence-corrected chi connectivity index (χ0v) is 12.0. The van der Waals surface area contributed by atoms with E-state index in [2.05, 4.69) is 10.3 Å². The van der Waals surface area contributed by atoms with Crippen molar-refractivity contribution in [3.05, 3.63) is 24.3 Å². The lowest BCUT2D eigenvalue weighted by atomic mass is 10.2. The molecule has 4 rings (SSSR count). The van der Waals surface area contributed by atoms with Crippen LogP contribution in [0.15, 0.2) is 29.3 Å². The Kier molecular flexibility index (Phi) is 2.77. The van der Waals surface area contributed by atoms with E-state index in [-0.39, 0.29) is 18.1 Å². The van der Waals surface area contributed by atoms with Crippen LogP contribution in [-0.2, 0) is 0 Å². The minimum absolute atomic E-state index is 0.0160. The van der Waals surface area contributed by atoms with Crippen LogP contribution in [0.1, 0.15) is 6.92 Å². The van der Waals surface area contributed by atoms with Crippen LogP contribution in [0.2, 0.25) is 0 Å². The van der Waals surface area contributed by atoms with Gasteiger partial charge in [0.05, 0.1) is 24.3 Å². The number of amidine groups is 1. The van der Waals surface area contributed by atoms with Gasteiger partial charge in [0, 0.05) is 13.1 Å². The highest BCUT2D eigenvalue weighted by atomic mass is 16.5. The van der Waals surface area contributed by atoms with E-state index in [1.807, 2.05) is 41.0 Å². The second kappa shape index (κ2) is 4.65. The minimum atomic E-state index is -0.0160. The number of fused-ring (bicyclic) bond motifs is 3. The molecule has 2 atom stereocenters. The number of rotatable bonds is 2. The monoisotopic (exact) mass is 286 g/mol. The van der Waals surface area contributed by atoms with Gasteiger partial charge in [-0.3, -0.25) is 9.89 Å². The second-order valence-electron chi connectivity index (χ2n) is 5.61. The summed E-state index contributed by atoms with van der Waals surface area (Å²) in [5, 5.41) is 3.26. The Morgan fingerprint density at radius 2 is 2.29 bits per heavy atom. The first-order valence-electron chi connectivity index (χ1n) is 7.35. The van der Waals surface area contributed by atoms with Gasteiger partial charge in [-0.25, -0.2) is 4.79 Å². The van der Waals surface area contributed by atoms with E-state index in [9.17, 15) is 4.79 Å². The summed E-state index contributed by atoms with van der Waals surface area (Å²) >= 11 is 0. The fourth-order valence-electron chi connectivity index (χ4n) is 3.24. The Hall–Kier alpha value is -2.24. The molecule has 0 spiro atoms. The molecule has 0 aromatic heterocycles. The summed E-state index contributed by atoms with van der Waals surface area (Å²) < 4.78 is 5.77. The molecule has 1 aromatic carbocycles. The Labute approximate surface area is 123 Å². The van der Waals surface area contributed by atoms with E-state index in [1.54, 1.807) is 0 Å². The number of nitrogens with zero attached hydrogens (tertiary/aromatic N) is 3. The number of hydrogen-bond donors (Lipinski definition) is 1. The molecule has 110 valence electrons. The predicted molar refractivity (Wildman–Crippen MR) is 80.1 cm³/mol. The number of amides is 2. The van der Waals surface area contributed by atoms with Gasteiger partial charge in [0.25, 0.3) is 0 Å². The Balaban J connectivity index is 1.64. The van der Waals surface area contributed by atoms with E-state index in [0.29, 0.717) is 13.2 Å². The van der Waals surface area contributed by atoms with Crippen molar-refractivity contribution < 1.29 is 9.53 Å². The quantitative estimate of drug-likeness (QED) is 0.885. The summed E-state index contributed by atoms with van der Waals surface area (Å²) in [5.74, 6) is 1.70. The molecule has 1 saturated heterocycles. The topological polar surface area (TPSA) is 57.2 Å². The SMILES string of the molecule is C[C@@H](C1=NCCN1)N1CC2COc3ccccc3N2C1=O. The van der Waals surface area contributed by atoms with Crippen molar-refractivity contribution in [3.63, 3.8) is 0 Å². The Morgan fingerprint density at radius 1 is 1.43 bits per heavy atom. The molecule has 3 aliphatic heterocycles. The maximum absolute atomic E-state index is 12.8. The molecule has 6 nitrogen and oxygen atoms in total. The maximum atomic E-state index is 12.8.